The Bertz CT molecular complexity index is 194. The zero-order chi connectivity index (χ0) is 10.9. The van der Waals surface area contributed by atoms with E-state index in [4.69, 9.17) is 0 Å². The summed E-state index contributed by atoms with van der Waals surface area (Å²) < 4.78 is 0. The summed E-state index contributed by atoms with van der Waals surface area (Å²) in [5, 5.41) is 0. The monoisotopic (exact) mass is 273 g/mol. The minimum atomic E-state index is -0.402. The van der Waals surface area contributed by atoms with Gasteiger partial charge in [-0.1, -0.05) is 41.5 Å². The first-order valence-corrected chi connectivity index (χ1v) is 4.62. The molecule has 79 valence electrons. The quantitative estimate of drug-likeness (QED) is 0.725. The van der Waals surface area contributed by atoms with Crippen molar-refractivity contribution in [3.8, 4) is 0 Å². The number of Topliss-reactive ketones (excluding diaryl/α,β-unsaturated/α-hetero) is 2. The second-order valence-electron chi connectivity index (χ2n) is 5.52. The van der Waals surface area contributed by atoms with Crippen LogP contribution in [0.5, 0.6) is 0 Å². The average molecular weight is 273 g/mol. The van der Waals surface area contributed by atoms with Crippen LogP contribution in [-0.4, -0.2) is 11.6 Å². The van der Waals surface area contributed by atoms with Crippen molar-refractivity contribution < 1.29 is 42.3 Å². The topological polar surface area (TPSA) is 34.1 Å². The van der Waals surface area contributed by atoms with Gasteiger partial charge in [-0.25, -0.2) is 0 Å². The third kappa shape index (κ3) is 6.03. The third-order valence-electron chi connectivity index (χ3n) is 1.99. The zero-order valence-corrected chi connectivity index (χ0v) is 12.9. The molecular formula is C11H20O2Y. The third-order valence-corrected chi connectivity index (χ3v) is 1.99. The van der Waals surface area contributed by atoms with Crippen LogP contribution in [-0.2, 0) is 42.3 Å². The van der Waals surface area contributed by atoms with Gasteiger partial charge in [0.1, 0.15) is 11.6 Å². The van der Waals surface area contributed by atoms with E-state index < -0.39 is 10.8 Å². The molecule has 0 unspecified atom stereocenters. The van der Waals surface area contributed by atoms with E-state index in [1.807, 2.05) is 41.5 Å². The van der Waals surface area contributed by atoms with E-state index in [0.29, 0.717) is 0 Å². The van der Waals surface area contributed by atoms with Crippen molar-refractivity contribution in [2.24, 2.45) is 10.8 Å². The minimum absolute atomic E-state index is 0. The molecule has 0 spiro atoms. The van der Waals surface area contributed by atoms with E-state index in [-0.39, 0.29) is 50.7 Å². The van der Waals surface area contributed by atoms with E-state index >= 15 is 0 Å². The predicted molar refractivity (Wildman–Crippen MR) is 53.5 cm³/mol. The van der Waals surface area contributed by atoms with Crippen LogP contribution in [0, 0.1) is 10.8 Å². The molecule has 0 saturated heterocycles. The van der Waals surface area contributed by atoms with Gasteiger partial charge in [0.15, 0.2) is 0 Å². The van der Waals surface area contributed by atoms with Gasteiger partial charge in [-0.05, 0) is 0 Å². The number of carbonyl (C=O) groups is 2. The molecule has 0 atom stereocenters. The molecule has 0 heterocycles. The molecule has 3 heteroatoms. The number of rotatable bonds is 2. The number of hydrogen-bond donors (Lipinski definition) is 0. The van der Waals surface area contributed by atoms with Gasteiger partial charge >= 0.3 is 0 Å². The minimum Gasteiger partial charge on any atom is -0.299 e. The molecular weight excluding hydrogens is 253 g/mol. The van der Waals surface area contributed by atoms with Crippen LogP contribution in [0.2, 0.25) is 0 Å². The molecule has 0 amide bonds. The van der Waals surface area contributed by atoms with E-state index in [1.165, 1.54) is 0 Å². The van der Waals surface area contributed by atoms with Crippen molar-refractivity contribution in [3.05, 3.63) is 0 Å². The second kappa shape index (κ2) is 5.51. The molecule has 0 bridgehead atoms. The molecule has 1 radical (unpaired) electrons. The fraction of sp³-hybridized carbons (Fsp3) is 0.818. The van der Waals surface area contributed by atoms with Crippen LogP contribution in [0.25, 0.3) is 0 Å². The first-order chi connectivity index (χ1) is 5.55. The van der Waals surface area contributed by atoms with E-state index in [0.717, 1.165) is 0 Å². The SMILES string of the molecule is CC(C)(C)C(=O)CC(=O)C(C)(C)C.[Y]. The first kappa shape index (κ1) is 16.9. The second-order valence-corrected chi connectivity index (χ2v) is 5.52. The van der Waals surface area contributed by atoms with E-state index in [2.05, 4.69) is 0 Å². The smallest absolute Gasteiger partial charge is 0.145 e. The Hall–Kier alpha value is 0.444. The van der Waals surface area contributed by atoms with E-state index in [1.54, 1.807) is 0 Å². The van der Waals surface area contributed by atoms with Gasteiger partial charge in [0.05, 0.1) is 6.42 Å². The summed E-state index contributed by atoms with van der Waals surface area (Å²) in [6.07, 6.45) is 0.0625. The van der Waals surface area contributed by atoms with Gasteiger partial charge in [0.2, 0.25) is 0 Å². The first-order valence-electron chi connectivity index (χ1n) is 4.62. The largest absolute Gasteiger partial charge is 0.299 e. The molecule has 0 fully saturated rings. The van der Waals surface area contributed by atoms with Crippen molar-refractivity contribution in [1.29, 1.82) is 0 Å². The van der Waals surface area contributed by atoms with Crippen molar-refractivity contribution in [3.63, 3.8) is 0 Å². The van der Waals surface area contributed by atoms with Gasteiger partial charge in [-0.2, -0.15) is 0 Å². The summed E-state index contributed by atoms with van der Waals surface area (Å²) in [5.41, 5.74) is -0.804. The van der Waals surface area contributed by atoms with Crippen LogP contribution in [0.15, 0.2) is 0 Å². The zero-order valence-electron chi connectivity index (χ0n) is 10.1. The van der Waals surface area contributed by atoms with Crippen molar-refractivity contribution >= 4 is 11.6 Å². The molecule has 0 rings (SSSR count). The van der Waals surface area contributed by atoms with Crippen LogP contribution in [0.1, 0.15) is 48.0 Å². The number of ketones is 2. The Morgan fingerprint density at radius 3 is 1.14 bits per heavy atom. The van der Waals surface area contributed by atoms with Gasteiger partial charge < -0.3 is 0 Å². The maximum absolute atomic E-state index is 11.5. The molecule has 0 aliphatic rings. The van der Waals surface area contributed by atoms with Crippen LogP contribution < -0.4 is 0 Å². The van der Waals surface area contributed by atoms with Crippen LogP contribution in [0.3, 0.4) is 0 Å². The molecule has 0 saturated carbocycles. The Kier molecular flexibility index (Phi) is 6.63. The van der Waals surface area contributed by atoms with Crippen LogP contribution in [0.4, 0.5) is 0 Å². The Balaban J connectivity index is 0. The normalized spacial score (nSPS) is 11.9. The maximum Gasteiger partial charge on any atom is 0.145 e. The average Bonchev–Trinajstić information content (AvgIpc) is 1.82. The number of hydrogen-bond acceptors (Lipinski definition) is 2. The maximum atomic E-state index is 11.5. The van der Waals surface area contributed by atoms with Gasteiger partial charge in [0, 0.05) is 43.5 Å². The van der Waals surface area contributed by atoms with Gasteiger partial charge in [-0.15, -0.1) is 0 Å². The van der Waals surface area contributed by atoms with Gasteiger partial charge in [0.25, 0.3) is 0 Å². The predicted octanol–water partition coefficient (Wildman–Crippen LogP) is 2.60. The molecule has 0 aromatic carbocycles. The molecule has 0 aliphatic heterocycles. The summed E-state index contributed by atoms with van der Waals surface area (Å²) >= 11 is 0. The Morgan fingerprint density at radius 1 is 0.786 bits per heavy atom. The standard InChI is InChI=1S/C11H20O2.Y/c1-10(2,3)8(12)7-9(13)11(4,5)6;/h7H2,1-6H3;. The molecule has 0 aromatic heterocycles. The molecule has 0 aromatic rings. The van der Waals surface area contributed by atoms with Gasteiger partial charge in [-0.3, -0.25) is 9.59 Å². The summed E-state index contributed by atoms with van der Waals surface area (Å²) in [4.78, 5) is 23.0. The van der Waals surface area contributed by atoms with Crippen LogP contribution >= 0.6 is 0 Å². The summed E-state index contributed by atoms with van der Waals surface area (Å²) in [6.45, 7) is 11.0. The van der Waals surface area contributed by atoms with Crippen molar-refractivity contribution in [1.82, 2.24) is 0 Å². The summed E-state index contributed by atoms with van der Waals surface area (Å²) in [6, 6.07) is 0. The summed E-state index contributed by atoms with van der Waals surface area (Å²) in [5.74, 6) is 0.0415. The molecule has 0 aliphatic carbocycles. The van der Waals surface area contributed by atoms with E-state index in [9.17, 15) is 9.59 Å². The Morgan fingerprint density at radius 2 is 1.00 bits per heavy atom. The Labute approximate surface area is 112 Å². The van der Waals surface area contributed by atoms with Crippen molar-refractivity contribution in [2.45, 2.75) is 48.0 Å². The fourth-order valence-electron chi connectivity index (χ4n) is 0.676. The molecule has 2 nitrogen and oxygen atoms in total. The molecule has 0 N–H and O–H groups in total. The summed E-state index contributed by atoms with van der Waals surface area (Å²) in [7, 11) is 0. The fourth-order valence-corrected chi connectivity index (χ4v) is 0.676. The van der Waals surface area contributed by atoms with Crippen molar-refractivity contribution in [2.75, 3.05) is 0 Å². The molecule has 14 heavy (non-hydrogen) atoms. The number of carbonyl (C=O) groups excluding carboxylic acids is 2.